The predicted molar refractivity (Wildman–Crippen MR) is 67.4 cm³/mol. The molecule has 1 unspecified atom stereocenters. The van der Waals surface area contributed by atoms with Gasteiger partial charge in [0.1, 0.15) is 0 Å². The van der Waals surface area contributed by atoms with E-state index in [4.69, 9.17) is 5.11 Å². The van der Waals surface area contributed by atoms with Gasteiger partial charge in [-0.05, 0) is 6.92 Å². The molecule has 18 heavy (non-hydrogen) atoms. The molecule has 1 N–H and O–H groups in total. The zero-order chi connectivity index (χ0) is 13.3. The third kappa shape index (κ3) is 2.69. The van der Waals surface area contributed by atoms with Crippen LogP contribution in [0.25, 0.3) is 0 Å². The smallest absolute Gasteiger partial charge is 0.306 e. The summed E-state index contributed by atoms with van der Waals surface area (Å²) >= 11 is 1.53. The Hall–Kier alpha value is -1.43. The lowest BCUT2D eigenvalue weighted by Crippen LogP contribution is -2.53. The Morgan fingerprint density at radius 2 is 2.28 bits per heavy atom. The summed E-state index contributed by atoms with van der Waals surface area (Å²) < 4.78 is 0. The van der Waals surface area contributed by atoms with Crippen molar-refractivity contribution in [2.24, 2.45) is 11.8 Å². The van der Waals surface area contributed by atoms with Gasteiger partial charge in [0, 0.05) is 24.4 Å². The Balaban J connectivity index is 1.81. The Kier molecular flexibility index (Phi) is 3.65. The first kappa shape index (κ1) is 13.0. The first-order valence-electron chi connectivity index (χ1n) is 5.89. The summed E-state index contributed by atoms with van der Waals surface area (Å²) in [5.74, 6) is -1.05. The van der Waals surface area contributed by atoms with Gasteiger partial charge in [0.25, 0.3) is 0 Å². The number of carboxylic acid groups (broad SMARTS) is 1. The topological polar surface area (TPSA) is 70.5 Å². The number of amides is 1. The van der Waals surface area contributed by atoms with Gasteiger partial charge in [-0.1, -0.05) is 6.92 Å². The molecule has 1 aliphatic heterocycles. The number of hydrogen-bond donors (Lipinski definition) is 1. The SMILES string of the molecule is Cc1nc(CC(=O)N2CC(C(C)C(=O)O)C2)cs1. The number of aromatic nitrogens is 1. The van der Waals surface area contributed by atoms with Crippen molar-refractivity contribution < 1.29 is 14.7 Å². The van der Waals surface area contributed by atoms with Crippen LogP contribution in [0.3, 0.4) is 0 Å². The summed E-state index contributed by atoms with van der Waals surface area (Å²) in [7, 11) is 0. The summed E-state index contributed by atoms with van der Waals surface area (Å²) in [5.41, 5.74) is 0.803. The van der Waals surface area contributed by atoms with Crippen LogP contribution in [0.4, 0.5) is 0 Å². The Bertz CT molecular complexity index is 466. The van der Waals surface area contributed by atoms with E-state index >= 15 is 0 Å². The van der Waals surface area contributed by atoms with Crippen molar-refractivity contribution in [3.05, 3.63) is 16.1 Å². The van der Waals surface area contributed by atoms with E-state index in [0.29, 0.717) is 19.5 Å². The van der Waals surface area contributed by atoms with Gasteiger partial charge in [-0.15, -0.1) is 11.3 Å². The number of rotatable bonds is 4. The molecule has 0 saturated carbocycles. The summed E-state index contributed by atoms with van der Waals surface area (Å²) in [6, 6.07) is 0. The molecule has 6 heteroatoms. The third-order valence-corrected chi connectivity index (χ3v) is 4.18. The molecule has 1 atom stereocenters. The van der Waals surface area contributed by atoms with Crippen molar-refractivity contribution in [2.75, 3.05) is 13.1 Å². The zero-order valence-electron chi connectivity index (χ0n) is 10.4. The largest absolute Gasteiger partial charge is 0.481 e. The number of carboxylic acids is 1. The molecule has 0 aliphatic carbocycles. The average Bonchev–Trinajstić information content (AvgIpc) is 2.61. The highest BCUT2D eigenvalue weighted by atomic mass is 32.1. The molecule has 1 aromatic heterocycles. The fraction of sp³-hybridized carbons (Fsp3) is 0.583. The van der Waals surface area contributed by atoms with Crippen LogP contribution in [-0.4, -0.2) is 40.0 Å². The van der Waals surface area contributed by atoms with Crippen molar-refractivity contribution in [3.8, 4) is 0 Å². The van der Waals surface area contributed by atoms with E-state index in [0.717, 1.165) is 10.7 Å². The monoisotopic (exact) mass is 268 g/mol. The van der Waals surface area contributed by atoms with E-state index in [9.17, 15) is 9.59 Å². The zero-order valence-corrected chi connectivity index (χ0v) is 11.2. The number of likely N-dealkylation sites (tertiary alicyclic amines) is 1. The second kappa shape index (κ2) is 5.06. The molecule has 0 aromatic carbocycles. The molecule has 1 fully saturated rings. The summed E-state index contributed by atoms with van der Waals surface area (Å²) in [5, 5.41) is 11.7. The number of carbonyl (C=O) groups is 2. The van der Waals surface area contributed by atoms with Crippen molar-refractivity contribution in [1.29, 1.82) is 0 Å². The molecule has 98 valence electrons. The molecule has 1 amide bonds. The van der Waals surface area contributed by atoms with Crippen molar-refractivity contribution >= 4 is 23.2 Å². The standard InChI is InChI=1S/C12H16N2O3S/c1-7(12(16)17)9-4-14(5-9)11(15)3-10-6-18-8(2)13-10/h6-7,9H,3-5H2,1-2H3,(H,16,17). The van der Waals surface area contributed by atoms with Crippen LogP contribution < -0.4 is 0 Å². The maximum Gasteiger partial charge on any atom is 0.306 e. The van der Waals surface area contributed by atoms with E-state index < -0.39 is 5.97 Å². The predicted octanol–water partition coefficient (Wildman–Crippen LogP) is 1.17. The van der Waals surface area contributed by atoms with E-state index in [1.165, 1.54) is 11.3 Å². The third-order valence-electron chi connectivity index (χ3n) is 3.36. The van der Waals surface area contributed by atoms with Crippen LogP contribution >= 0.6 is 11.3 Å². The molecule has 2 rings (SSSR count). The lowest BCUT2D eigenvalue weighted by Gasteiger charge is -2.41. The summed E-state index contributed by atoms with van der Waals surface area (Å²) in [6.45, 7) is 4.70. The first-order chi connectivity index (χ1) is 8.47. The van der Waals surface area contributed by atoms with Gasteiger partial charge in [-0.2, -0.15) is 0 Å². The Morgan fingerprint density at radius 3 is 2.78 bits per heavy atom. The average molecular weight is 268 g/mol. The molecule has 5 nitrogen and oxygen atoms in total. The quantitative estimate of drug-likeness (QED) is 0.890. The van der Waals surface area contributed by atoms with Crippen LogP contribution in [0.15, 0.2) is 5.38 Å². The fourth-order valence-corrected chi connectivity index (χ4v) is 2.60. The van der Waals surface area contributed by atoms with Gasteiger partial charge in [-0.3, -0.25) is 9.59 Å². The summed E-state index contributed by atoms with van der Waals surface area (Å²) in [4.78, 5) is 28.6. The van der Waals surface area contributed by atoms with Gasteiger partial charge in [0.05, 0.1) is 23.0 Å². The van der Waals surface area contributed by atoms with Gasteiger partial charge < -0.3 is 10.0 Å². The number of aliphatic carboxylic acids is 1. The number of carbonyl (C=O) groups excluding carboxylic acids is 1. The minimum atomic E-state index is -0.790. The lowest BCUT2D eigenvalue weighted by atomic mass is 9.87. The normalized spacial score (nSPS) is 17.3. The molecule has 0 bridgehead atoms. The molecule has 0 radical (unpaired) electrons. The van der Waals surface area contributed by atoms with Crippen molar-refractivity contribution in [3.63, 3.8) is 0 Å². The number of thiazole rings is 1. The van der Waals surface area contributed by atoms with Crippen LogP contribution in [0.2, 0.25) is 0 Å². The molecule has 2 heterocycles. The Morgan fingerprint density at radius 1 is 1.61 bits per heavy atom. The minimum Gasteiger partial charge on any atom is -0.481 e. The van der Waals surface area contributed by atoms with Crippen LogP contribution in [0, 0.1) is 18.8 Å². The number of hydrogen-bond acceptors (Lipinski definition) is 4. The van der Waals surface area contributed by atoms with Gasteiger partial charge >= 0.3 is 5.97 Å². The molecule has 0 spiro atoms. The second-order valence-corrected chi connectivity index (χ2v) is 5.78. The highest BCUT2D eigenvalue weighted by Crippen LogP contribution is 2.24. The number of aryl methyl sites for hydroxylation is 1. The summed E-state index contributed by atoms with van der Waals surface area (Å²) in [6.07, 6.45) is 0.318. The van der Waals surface area contributed by atoms with E-state index in [2.05, 4.69) is 4.98 Å². The van der Waals surface area contributed by atoms with Crippen LogP contribution in [0.5, 0.6) is 0 Å². The van der Waals surface area contributed by atoms with Crippen LogP contribution in [0.1, 0.15) is 17.6 Å². The number of nitrogens with zero attached hydrogens (tertiary/aromatic N) is 2. The first-order valence-corrected chi connectivity index (χ1v) is 6.77. The molecular weight excluding hydrogens is 252 g/mol. The minimum absolute atomic E-state index is 0.0362. The fourth-order valence-electron chi connectivity index (χ4n) is 1.99. The maximum absolute atomic E-state index is 11.9. The van der Waals surface area contributed by atoms with Gasteiger partial charge in [0.2, 0.25) is 5.91 Å². The molecule has 1 saturated heterocycles. The maximum atomic E-state index is 11.9. The van der Waals surface area contributed by atoms with Crippen molar-refractivity contribution in [1.82, 2.24) is 9.88 Å². The van der Waals surface area contributed by atoms with Crippen LogP contribution in [-0.2, 0) is 16.0 Å². The van der Waals surface area contributed by atoms with E-state index in [-0.39, 0.29) is 17.7 Å². The van der Waals surface area contributed by atoms with Crippen molar-refractivity contribution in [2.45, 2.75) is 20.3 Å². The molecule has 1 aliphatic rings. The second-order valence-electron chi connectivity index (χ2n) is 4.72. The highest BCUT2D eigenvalue weighted by molar-refractivity contribution is 7.09. The Labute approximate surface area is 109 Å². The van der Waals surface area contributed by atoms with E-state index in [1.807, 2.05) is 12.3 Å². The lowest BCUT2D eigenvalue weighted by molar-refractivity contribution is -0.150. The molecule has 1 aromatic rings. The van der Waals surface area contributed by atoms with E-state index in [1.54, 1.807) is 11.8 Å². The van der Waals surface area contributed by atoms with Gasteiger partial charge in [-0.25, -0.2) is 4.98 Å². The van der Waals surface area contributed by atoms with Gasteiger partial charge in [0.15, 0.2) is 0 Å². The molecular formula is C12H16N2O3S. The highest BCUT2D eigenvalue weighted by Gasteiger charge is 2.36.